The molecule has 2 saturated heterocycles. The molecule has 2 aliphatic heterocycles. The number of ether oxygens (including phenoxy) is 11. The van der Waals surface area contributed by atoms with Crippen molar-refractivity contribution >= 4 is 47.8 Å². The number of hydrogen-bond donors (Lipinski definition) is 0. The van der Waals surface area contributed by atoms with Crippen molar-refractivity contribution in [2.75, 3.05) is 13.2 Å². The summed E-state index contributed by atoms with van der Waals surface area (Å²) >= 11 is 0. The highest BCUT2D eigenvalue weighted by Gasteiger charge is 2.58. The van der Waals surface area contributed by atoms with Crippen LogP contribution in [-0.4, -0.2) is 122 Å². The molecule has 0 saturated carbocycles. The van der Waals surface area contributed by atoms with Crippen LogP contribution < -0.4 is 0 Å². The molecule has 0 aromatic rings. The molecule has 0 aromatic carbocycles. The van der Waals surface area contributed by atoms with Gasteiger partial charge in [-0.1, -0.05) is 0 Å². The van der Waals surface area contributed by atoms with Crippen molar-refractivity contribution in [1.29, 1.82) is 0 Å². The van der Waals surface area contributed by atoms with Crippen LogP contribution in [-0.2, 0) is 90.5 Å². The molecule has 0 spiro atoms. The second kappa shape index (κ2) is 17.5. The Bertz CT molecular complexity index is 1200. The first-order chi connectivity index (χ1) is 21.9. The number of carbonyl (C=O) groups is 8. The van der Waals surface area contributed by atoms with Gasteiger partial charge in [-0.25, -0.2) is 0 Å². The lowest BCUT2D eigenvalue weighted by molar-refractivity contribution is -0.363. The van der Waals surface area contributed by atoms with Gasteiger partial charge in [0.15, 0.2) is 42.9 Å². The van der Waals surface area contributed by atoms with Gasteiger partial charge in [-0.3, -0.25) is 38.4 Å². The molecular weight excluding hydrogens is 640 g/mol. The molecule has 19 heteroatoms. The molecule has 0 bridgehead atoms. The monoisotopic (exact) mass is 678 g/mol. The van der Waals surface area contributed by atoms with Crippen molar-refractivity contribution in [2.24, 2.45) is 0 Å². The maximum atomic E-state index is 12.3. The summed E-state index contributed by atoms with van der Waals surface area (Å²) in [6.07, 6.45) is -16.4. The Morgan fingerprint density at radius 1 is 0.383 bits per heavy atom. The molecule has 2 fully saturated rings. The lowest BCUT2D eigenvalue weighted by Crippen LogP contribution is -2.67. The zero-order valence-electron chi connectivity index (χ0n) is 26.9. The predicted molar refractivity (Wildman–Crippen MR) is 145 cm³/mol. The lowest BCUT2D eigenvalue weighted by atomic mass is 9.96. The van der Waals surface area contributed by atoms with Crippen molar-refractivity contribution in [1.82, 2.24) is 0 Å². The van der Waals surface area contributed by atoms with Gasteiger partial charge in [0.2, 0.25) is 6.29 Å². The molecule has 0 aliphatic carbocycles. The van der Waals surface area contributed by atoms with E-state index in [1.165, 1.54) is 0 Å². The molecule has 2 heterocycles. The fourth-order valence-corrected chi connectivity index (χ4v) is 4.73. The highest BCUT2D eigenvalue weighted by Crippen LogP contribution is 2.35. The first-order valence-corrected chi connectivity index (χ1v) is 14.2. The van der Waals surface area contributed by atoms with E-state index in [1.54, 1.807) is 0 Å². The lowest BCUT2D eigenvalue weighted by Gasteiger charge is -2.48. The zero-order chi connectivity index (χ0) is 35.6. The Morgan fingerprint density at radius 3 is 1.06 bits per heavy atom. The third-order valence-corrected chi connectivity index (χ3v) is 6.17. The van der Waals surface area contributed by atoms with Gasteiger partial charge in [0.05, 0.1) is 0 Å². The number of carbonyl (C=O) groups excluding carboxylic acids is 8. The van der Waals surface area contributed by atoms with Gasteiger partial charge >= 0.3 is 47.8 Å². The SMILES string of the molecule is CC(=O)OC[C@@H]1O[C@@H](OC(C)=O)[C@@H](O[C@H]2O[C@H](COC(C)=O)[C@@H](OC(C)=O)[C@H](OC(C)=O)[C@@H]2OC(C)=O)[C@@H](OC(C)=O)[C@@H]1OC(C)=O. The van der Waals surface area contributed by atoms with Gasteiger partial charge in [-0.2, -0.15) is 0 Å². The smallest absolute Gasteiger partial charge is 0.305 e. The molecule has 0 radical (unpaired) electrons. The van der Waals surface area contributed by atoms with Crippen LogP contribution in [0.4, 0.5) is 0 Å². The second-order valence-electron chi connectivity index (χ2n) is 10.3. The highest BCUT2D eigenvalue weighted by molar-refractivity contribution is 5.69. The predicted octanol–water partition coefficient (Wildman–Crippen LogP) is -0.831. The van der Waals surface area contributed by atoms with Crippen LogP contribution in [0.1, 0.15) is 55.4 Å². The van der Waals surface area contributed by atoms with Crippen LogP contribution in [0.3, 0.4) is 0 Å². The summed E-state index contributed by atoms with van der Waals surface area (Å²) in [4.78, 5) is 96.3. The molecule has 2 rings (SSSR count). The molecule has 47 heavy (non-hydrogen) atoms. The summed E-state index contributed by atoms with van der Waals surface area (Å²) in [5.74, 6) is -7.02. The standard InChI is InChI=1S/C28H38O19/c1-11(29)37-9-19-22(40-14(4)32)24(42-16(6)34)26(27(45-19)44-18(8)36)47-28-25(43-17(7)35)23(41-15(5)33)21(39-13(3)31)20(46-28)10-38-12(2)30/h19-28H,9-10H2,1-8H3/t19-,20+,21+,22+,23-,24-,25-,26-,27+,28+/m0/s1. The van der Waals surface area contributed by atoms with E-state index in [9.17, 15) is 38.4 Å². The van der Waals surface area contributed by atoms with E-state index in [2.05, 4.69) is 0 Å². The number of hydrogen-bond acceptors (Lipinski definition) is 19. The maximum Gasteiger partial charge on any atom is 0.305 e. The van der Waals surface area contributed by atoms with Gasteiger partial charge in [0, 0.05) is 55.4 Å². The molecule has 0 aromatic heterocycles. The molecule has 0 unspecified atom stereocenters. The summed E-state index contributed by atoms with van der Waals surface area (Å²) < 4.78 is 60.2. The minimum Gasteiger partial charge on any atom is -0.463 e. The van der Waals surface area contributed by atoms with Crippen LogP contribution >= 0.6 is 0 Å². The summed E-state index contributed by atoms with van der Waals surface area (Å²) in [7, 11) is 0. The average Bonchev–Trinajstić information content (AvgIpc) is 2.91. The van der Waals surface area contributed by atoms with Crippen LogP contribution in [0, 0.1) is 0 Å². The molecule has 10 atom stereocenters. The molecule has 19 nitrogen and oxygen atoms in total. The van der Waals surface area contributed by atoms with Crippen molar-refractivity contribution in [3.05, 3.63) is 0 Å². The molecule has 2 aliphatic rings. The van der Waals surface area contributed by atoms with Crippen molar-refractivity contribution < 1.29 is 90.5 Å². The van der Waals surface area contributed by atoms with Gasteiger partial charge in [-0.15, -0.1) is 0 Å². The van der Waals surface area contributed by atoms with Crippen LogP contribution in [0.2, 0.25) is 0 Å². The largest absolute Gasteiger partial charge is 0.463 e. The van der Waals surface area contributed by atoms with Gasteiger partial charge in [0.25, 0.3) is 0 Å². The van der Waals surface area contributed by atoms with Crippen molar-refractivity contribution in [2.45, 2.75) is 117 Å². The molecule has 264 valence electrons. The van der Waals surface area contributed by atoms with E-state index < -0.39 is 122 Å². The van der Waals surface area contributed by atoms with E-state index in [1.807, 2.05) is 0 Å². The highest BCUT2D eigenvalue weighted by atomic mass is 16.8. The Morgan fingerprint density at radius 2 is 0.702 bits per heavy atom. The van der Waals surface area contributed by atoms with Crippen LogP contribution in [0.15, 0.2) is 0 Å². The summed E-state index contributed by atoms with van der Waals surface area (Å²) in [5, 5.41) is 0. The Hall–Kier alpha value is -4.36. The molecular formula is C28H38O19. The third-order valence-electron chi connectivity index (χ3n) is 6.17. The maximum absolute atomic E-state index is 12.3. The Balaban J connectivity index is 2.72. The molecule has 0 N–H and O–H groups in total. The number of rotatable bonds is 12. The molecule has 0 amide bonds. The van der Waals surface area contributed by atoms with Crippen molar-refractivity contribution in [3.63, 3.8) is 0 Å². The quantitative estimate of drug-likeness (QED) is 0.181. The summed E-state index contributed by atoms with van der Waals surface area (Å²) in [5.41, 5.74) is 0. The van der Waals surface area contributed by atoms with Gasteiger partial charge < -0.3 is 52.1 Å². The Kier molecular flexibility index (Phi) is 14.5. The van der Waals surface area contributed by atoms with E-state index in [-0.39, 0.29) is 0 Å². The fraction of sp³-hybridized carbons (Fsp3) is 0.714. The van der Waals surface area contributed by atoms with E-state index in [0.717, 1.165) is 55.4 Å². The second-order valence-corrected chi connectivity index (χ2v) is 10.3. The van der Waals surface area contributed by atoms with E-state index >= 15 is 0 Å². The topological polar surface area (TPSA) is 238 Å². The van der Waals surface area contributed by atoms with E-state index in [4.69, 9.17) is 52.1 Å². The first kappa shape index (κ1) is 38.8. The summed E-state index contributed by atoms with van der Waals surface area (Å²) in [6, 6.07) is 0. The van der Waals surface area contributed by atoms with Crippen molar-refractivity contribution in [3.8, 4) is 0 Å². The number of esters is 8. The first-order valence-electron chi connectivity index (χ1n) is 14.2. The van der Waals surface area contributed by atoms with Gasteiger partial charge in [-0.05, 0) is 0 Å². The Labute approximate surface area is 268 Å². The van der Waals surface area contributed by atoms with Gasteiger partial charge in [0.1, 0.15) is 25.4 Å². The average molecular weight is 679 g/mol. The minimum absolute atomic E-state index is 0.561. The fourth-order valence-electron chi connectivity index (χ4n) is 4.73. The van der Waals surface area contributed by atoms with Crippen LogP contribution in [0.5, 0.6) is 0 Å². The minimum atomic E-state index is -1.86. The normalized spacial score (nSPS) is 30.0. The third kappa shape index (κ3) is 12.1. The summed E-state index contributed by atoms with van der Waals surface area (Å²) in [6.45, 7) is 7.10. The van der Waals surface area contributed by atoms with Crippen LogP contribution in [0.25, 0.3) is 0 Å². The van der Waals surface area contributed by atoms with E-state index in [0.29, 0.717) is 0 Å². The zero-order valence-corrected chi connectivity index (χ0v) is 26.9.